The minimum Gasteiger partial charge on any atom is -0.491 e. The molecule has 0 aliphatic heterocycles. The first-order chi connectivity index (χ1) is 9.60. The highest BCUT2D eigenvalue weighted by molar-refractivity contribution is 6.07. The zero-order valence-corrected chi connectivity index (χ0v) is 11.6. The number of ether oxygens (including phenoxy) is 1. The molecule has 1 heterocycles. The molecule has 6 nitrogen and oxygen atoms in total. The third kappa shape index (κ3) is 3.42. The third-order valence-electron chi connectivity index (χ3n) is 2.60. The molecular formula is C14H18N4O2. The van der Waals surface area contributed by atoms with E-state index in [0.717, 1.165) is 0 Å². The van der Waals surface area contributed by atoms with E-state index in [-0.39, 0.29) is 11.9 Å². The number of carbonyl (C=O) groups is 1. The number of rotatable bonds is 6. The van der Waals surface area contributed by atoms with E-state index >= 15 is 0 Å². The molecular weight excluding hydrogens is 256 g/mol. The van der Waals surface area contributed by atoms with Gasteiger partial charge in [0, 0.05) is 12.1 Å². The molecule has 0 fully saturated rings. The maximum absolute atomic E-state index is 12.3. The largest absolute Gasteiger partial charge is 0.491 e. The molecule has 2 aromatic rings. The van der Waals surface area contributed by atoms with E-state index in [0.29, 0.717) is 30.1 Å². The van der Waals surface area contributed by atoms with Gasteiger partial charge >= 0.3 is 0 Å². The minimum absolute atomic E-state index is 0.0609. The molecule has 1 aromatic heterocycles. The molecule has 2 rings (SSSR count). The van der Waals surface area contributed by atoms with Crippen LogP contribution < -0.4 is 10.5 Å². The lowest BCUT2D eigenvalue weighted by Gasteiger charge is -2.10. The van der Waals surface area contributed by atoms with Crippen LogP contribution in [0.1, 0.15) is 29.9 Å². The lowest BCUT2D eigenvalue weighted by Crippen LogP contribution is -2.10. The Morgan fingerprint density at radius 3 is 2.95 bits per heavy atom. The number of carbonyl (C=O) groups excluding carboxylic acids is 1. The molecule has 6 heteroatoms. The number of ketones is 1. The molecule has 1 aromatic carbocycles. The summed E-state index contributed by atoms with van der Waals surface area (Å²) in [5.74, 6) is 0.489. The summed E-state index contributed by atoms with van der Waals surface area (Å²) in [7, 11) is 0. The van der Waals surface area contributed by atoms with E-state index in [1.54, 1.807) is 29.1 Å². The normalized spacial score (nSPS) is 10.8. The Morgan fingerprint density at radius 1 is 1.45 bits per heavy atom. The standard InChI is InChI=1S/C14H18N4O2/c1-10(2)20-12-5-3-4-11(8-12)14(19)13-9-18(7-6-15)17-16-13/h3-5,8-10H,6-7,15H2,1-2H3. The molecule has 2 N–H and O–H groups in total. The van der Waals surface area contributed by atoms with Gasteiger partial charge in [-0.15, -0.1) is 5.10 Å². The Morgan fingerprint density at radius 2 is 2.25 bits per heavy atom. The van der Waals surface area contributed by atoms with E-state index in [4.69, 9.17) is 10.5 Å². The number of hydrogen-bond donors (Lipinski definition) is 1. The van der Waals surface area contributed by atoms with Crippen LogP contribution in [0.4, 0.5) is 0 Å². The Hall–Kier alpha value is -2.21. The van der Waals surface area contributed by atoms with Crippen LogP contribution in [0.25, 0.3) is 0 Å². The lowest BCUT2D eigenvalue weighted by molar-refractivity contribution is 0.103. The van der Waals surface area contributed by atoms with Crippen molar-refractivity contribution in [2.75, 3.05) is 6.54 Å². The van der Waals surface area contributed by atoms with Gasteiger partial charge in [-0.1, -0.05) is 17.3 Å². The summed E-state index contributed by atoms with van der Waals surface area (Å²) < 4.78 is 7.13. The first kappa shape index (κ1) is 14.2. The van der Waals surface area contributed by atoms with Crippen LogP contribution in [-0.2, 0) is 6.54 Å². The summed E-state index contributed by atoms with van der Waals surface area (Å²) in [6, 6.07) is 7.05. The first-order valence-electron chi connectivity index (χ1n) is 6.51. The quantitative estimate of drug-likeness (QED) is 0.802. The molecule has 0 atom stereocenters. The van der Waals surface area contributed by atoms with Gasteiger partial charge in [-0.25, -0.2) is 0 Å². The van der Waals surface area contributed by atoms with Gasteiger partial charge in [-0.2, -0.15) is 0 Å². The van der Waals surface area contributed by atoms with Gasteiger partial charge in [0.1, 0.15) is 5.75 Å². The smallest absolute Gasteiger partial charge is 0.215 e. The van der Waals surface area contributed by atoms with E-state index in [9.17, 15) is 4.79 Å². The molecule has 0 spiro atoms. The summed E-state index contributed by atoms with van der Waals surface area (Å²) in [6.45, 7) is 4.87. The summed E-state index contributed by atoms with van der Waals surface area (Å²) in [6.07, 6.45) is 1.66. The second kappa shape index (κ2) is 6.29. The topological polar surface area (TPSA) is 83.0 Å². The zero-order valence-electron chi connectivity index (χ0n) is 11.6. The van der Waals surface area contributed by atoms with E-state index in [1.807, 2.05) is 19.9 Å². The van der Waals surface area contributed by atoms with Crippen LogP contribution >= 0.6 is 0 Å². The molecule has 0 saturated heterocycles. The summed E-state index contributed by atoms with van der Waals surface area (Å²) >= 11 is 0. The fourth-order valence-electron chi connectivity index (χ4n) is 1.77. The average Bonchev–Trinajstić information content (AvgIpc) is 2.86. The minimum atomic E-state index is -0.178. The highest BCUT2D eigenvalue weighted by Gasteiger charge is 2.14. The molecule has 0 aliphatic rings. The van der Waals surface area contributed by atoms with Crippen molar-refractivity contribution >= 4 is 5.78 Å². The fraction of sp³-hybridized carbons (Fsp3) is 0.357. The van der Waals surface area contributed by atoms with Crippen molar-refractivity contribution in [2.45, 2.75) is 26.5 Å². The molecule has 0 saturated carbocycles. The van der Waals surface area contributed by atoms with Crippen molar-refractivity contribution < 1.29 is 9.53 Å². The van der Waals surface area contributed by atoms with Gasteiger partial charge in [0.05, 0.1) is 18.8 Å². The Labute approximate surface area is 117 Å². The average molecular weight is 274 g/mol. The maximum atomic E-state index is 12.3. The van der Waals surface area contributed by atoms with Gasteiger partial charge in [-0.3, -0.25) is 9.48 Å². The Bertz CT molecular complexity index is 592. The lowest BCUT2D eigenvalue weighted by atomic mass is 10.1. The predicted molar refractivity (Wildman–Crippen MR) is 74.7 cm³/mol. The number of nitrogens with two attached hydrogens (primary N) is 1. The molecule has 0 unspecified atom stereocenters. The molecule has 0 radical (unpaired) electrons. The number of hydrogen-bond acceptors (Lipinski definition) is 5. The highest BCUT2D eigenvalue weighted by atomic mass is 16.5. The zero-order chi connectivity index (χ0) is 14.5. The Balaban J connectivity index is 2.19. The van der Waals surface area contributed by atoms with Crippen molar-refractivity contribution in [3.8, 4) is 5.75 Å². The van der Waals surface area contributed by atoms with Crippen molar-refractivity contribution in [1.82, 2.24) is 15.0 Å². The van der Waals surface area contributed by atoms with Crippen molar-refractivity contribution in [3.05, 3.63) is 41.7 Å². The van der Waals surface area contributed by atoms with E-state index < -0.39 is 0 Å². The summed E-state index contributed by atoms with van der Waals surface area (Å²) in [5.41, 5.74) is 6.27. The predicted octanol–water partition coefficient (Wildman–Crippen LogP) is 1.25. The van der Waals surface area contributed by atoms with Crippen molar-refractivity contribution in [3.63, 3.8) is 0 Å². The van der Waals surface area contributed by atoms with Gasteiger partial charge in [0.25, 0.3) is 0 Å². The molecule has 0 amide bonds. The SMILES string of the molecule is CC(C)Oc1cccc(C(=O)c2cn(CCN)nn2)c1. The van der Waals surface area contributed by atoms with Crippen LogP contribution in [0.5, 0.6) is 5.75 Å². The molecule has 20 heavy (non-hydrogen) atoms. The summed E-state index contributed by atoms with van der Waals surface area (Å²) in [4.78, 5) is 12.3. The Kier molecular flexibility index (Phi) is 4.47. The van der Waals surface area contributed by atoms with E-state index in [2.05, 4.69) is 10.3 Å². The highest BCUT2D eigenvalue weighted by Crippen LogP contribution is 2.17. The maximum Gasteiger partial charge on any atom is 0.215 e. The number of aromatic nitrogens is 3. The first-order valence-corrected chi connectivity index (χ1v) is 6.51. The third-order valence-corrected chi connectivity index (χ3v) is 2.60. The van der Waals surface area contributed by atoms with Gasteiger partial charge in [0.2, 0.25) is 5.78 Å². The second-order valence-corrected chi connectivity index (χ2v) is 4.68. The van der Waals surface area contributed by atoms with E-state index in [1.165, 1.54) is 0 Å². The van der Waals surface area contributed by atoms with Crippen molar-refractivity contribution in [2.24, 2.45) is 5.73 Å². The summed E-state index contributed by atoms with van der Waals surface area (Å²) in [5, 5.41) is 7.73. The van der Waals surface area contributed by atoms with Gasteiger partial charge in [0.15, 0.2) is 5.69 Å². The fourth-order valence-corrected chi connectivity index (χ4v) is 1.77. The molecule has 106 valence electrons. The number of benzene rings is 1. The number of nitrogens with zero attached hydrogens (tertiary/aromatic N) is 3. The monoisotopic (exact) mass is 274 g/mol. The second-order valence-electron chi connectivity index (χ2n) is 4.68. The van der Waals surface area contributed by atoms with Crippen molar-refractivity contribution in [1.29, 1.82) is 0 Å². The van der Waals surface area contributed by atoms with Gasteiger partial charge in [-0.05, 0) is 26.0 Å². The molecule has 0 aliphatic carbocycles. The van der Waals surface area contributed by atoms with Crippen LogP contribution in [0.3, 0.4) is 0 Å². The van der Waals surface area contributed by atoms with Crippen LogP contribution in [-0.4, -0.2) is 33.4 Å². The molecule has 0 bridgehead atoms. The van der Waals surface area contributed by atoms with Crippen LogP contribution in [0.2, 0.25) is 0 Å². The van der Waals surface area contributed by atoms with Crippen LogP contribution in [0, 0.1) is 0 Å². The van der Waals surface area contributed by atoms with Crippen LogP contribution in [0.15, 0.2) is 30.5 Å². The van der Waals surface area contributed by atoms with Gasteiger partial charge < -0.3 is 10.5 Å².